The van der Waals surface area contributed by atoms with Gasteiger partial charge in [-0.2, -0.15) is 4.98 Å². The number of hydrogen-bond donors (Lipinski definition) is 2. The normalized spacial score (nSPS) is 16.6. The molecule has 0 saturated heterocycles. The van der Waals surface area contributed by atoms with Gasteiger partial charge in [0.25, 0.3) is 0 Å². The molecule has 0 unspecified atom stereocenters. The Morgan fingerprint density at radius 1 is 0.931 bits per heavy atom. The zero-order valence-electron chi connectivity index (χ0n) is 33.6. The van der Waals surface area contributed by atoms with Crippen LogP contribution in [-0.4, -0.2) is 51.5 Å². The number of carbonyl (C=O) groups is 3. The number of aliphatic imine (C=N–C) groups is 1. The van der Waals surface area contributed by atoms with Gasteiger partial charge in [-0.25, -0.2) is 14.2 Å². The SMILES string of the molecule is C/C=C1/C(c2ccccc2)=N[C@@H](Cc2cccc(F)c2)C(=O)C/C1=C/CC(=O)Nc1ccc(C)c(N2Cc3cnc(Nc4ccc(C)nc4)nc3N(C)C2=O)c1.CC. The molecule has 2 aromatic heterocycles. The molecule has 3 amide bonds. The minimum atomic E-state index is -0.724. The van der Waals surface area contributed by atoms with Crippen LogP contribution >= 0.6 is 0 Å². The summed E-state index contributed by atoms with van der Waals surface area (Å²) in [5.41, 5.74) is 8.00. The van der Waals surface area contributed by atoms with Gasteiger partial charge in [-0.1, -0.05) is 74.5 Å². The molecule has 4 heterocycles. The van der Waals surface area contributed by atoms with Crippen molar-refractivity contribution < 1.29 is 18.8 Å². The van der Waals surface area contributed by atoms with Crippen molar-refractivity contribution in [1.29, 1.82) is 0 Å². The fourth-order valence-electron chi connectivity index (χ4n) is 6.86. The second-order valence-electron chi connectivity index (χ2n) is 13.8. The number of Topliss-reactive ketones (excluding diaryl/α,β-unsaturated/α-hetero) is 1. The van der Waals surface area contributed by atoms with Crippen molar-refractivity contribution in [3.8, 4) is 0 Å². The second kappa shape index (κ2) is 18.4. The first-order chi connectivity index (χ1) is 28.1. The lowest BCUT2D eigenvalue weighted by Gasteiger charge is -2.35. The van der Waals surface area contributed by atoms with Crippen molar-refractivity contribution in [1.82, 2.24) is 15.0 Å². The molecule has 12 heteroatoms. The van der Waals surface area contributed by atoms with Gasteiger partial charge in [-0.3, -0.25) is 29.4 Å². The van der Waals surface area contributed by atoms with Gasteiger partial charge >= 0.3 is 6.03 Å². The van der Waals surface area contributed by atoms with E-state index >= 15 is 0 Å². The van der Waals surface area contributed by atoms with E-state index in [1.54, 1.807) is 54.7 Å². The van der Waals surface area contributed by atoms with Crippen molar-refractivity contribution in [3.05, 3.63) is 154 Å². The van der Waals surface area contributed by atoms with Gasteiger partial charge in [-0.05, 0) is 79.4 Å². The average molecular weight is 779 g/mol. The molecule has 2 aliphatic heterocycles. The number of nitrogens with one attached hydrogen (secondary N) is 2. The number of rotatable bonds is 9. The Kier molecular flexibility index (Phi) is 13.0. The Balaban J connectivity index is 0.00000279. The van der Waals surface area contributed by atoms with Crippen LogP contribution in [0.2, 0.25) is 0 Å². The summed E-state index contributed by atoms with van der Waals surface area (Å²) in [7, 11) is 1.67. The Bertz CT molecular complexity index is 2410. The number of aryl methyl sites for hydroxylation is 2. The third kappa shape index (κ3) is 9.40. The van der Waals surface area contributed by atoms with Gasteiger partial charge in [-0.15, -0.1) is 0 Å². The molecule has 3 aromatic carbocycles. The van der Waals surface area contributed by atoms with Crippen molar-refractivity contribution in [2.45, 2.75) is 66.5 Å². The van der Waals surface area contributed by atoms with Gasteiger partial charge in [0.1, 0.15) is 17.7 Å². The third-order valence-corrected chi connectivity index (χ3v) is 9.77. The number of fused-ring (bicyclic) bond motifs is 1. The highest BCUT2D eigenvalue weighted by Crippen LogP contribution is 2.34. The van der Waals surface area contributed by atoms with E-state index < -0.39 is 6.04 Å². The van der Waals surface area contributed by atoms with Crippen LogP contribution in [-0.2, 0) is 22.6 Å². The molecule has 2 N–H and O–H groups in total. The molecular formula is C46H47FN8O3. The fourth-order valence-corrected chi connectivity index (χ4v) is 6.86. The van der Waals surface area contributed by atoms with Crippen molar-refractivity contribution in [2.24, 2.45) is 4.99 Å². The smallest absolute Gasteiger partial charge is 0.326 e. The predicted molar refractivity (Wildman–Crippen MR) is 228 cm³/mol. The van der Waals surface area contributed by atoms with Gasteiger partial charge in [0, 0.05) is 55.0 Å². The molecule has 1 atom stereocenters. The molecule has 5 aromatic rings. The number of allylic oxidation sites excluding steroid dienone is 3. The van der Waals surface area contributed by atoms with Crippen LogP contribution in [0.25, 0.3) is 0 Å². The second-order valence-corrected chi connectivity index (χ2v) is 13.8. The number of ketones is 1. The van der Waals surface area contributed by atoms with Crippen LogP contribution in [0.15, 0.2) is 126 Å². The molecule has 0 radical (unpaired) electrons. The summed E-state index contributed by atoms with van der Waals surface area (Å²) in [5, 5.41) is 6.11. The van der Waals surface area contributed by atoms with E-state index in [4.69, 9.17) is 4.99 Å². The molecule has 0 saturated carbocycles. The topological polar surface area (TPSA) is 133 Å². The maximum Gasteiger partial charge on any atom is 0.330 e. The minimum Gasteiger partial charge on any atom is -0.326 e. The van der Waals surface area contributed by atoms with E-state index in [-0.39, 0.29) is 49.3 Å². The summed E-state index contributed by atoms with van der Waals surface area (Å²) >= 11 is 0. The van der Waals surface area contributed by atoms with Crippen molar-refractivity contribution in [2.75, 3.05) is 27.5 Å². The Morgan fingerprint density at radius 2 is 1.71 bits per heavy atom. The highest BCUT2D eigenvalue weighted by molar-refractivity contribution is 6.18. The van der Waals surface area contributed by atoms with Crippen molar-refractivity contribution in [3.63, 3.8) is 0 Å². The number of pyridine rings is 1. The third-order valence-electron chi connectivity index (χ3n) is 9.77. The van der Waals surface area contributed by atoms with Crippen LogP contribution in [0.3, 0.4) is 0 Å². The lowest BCUT2D eigenvalue weighted by atomic mass is 9.92. The molecule has 11 nitrogen and oxygen atoms in total. The van der Waals surface area contributed by atoms with E-state index in [2.05, 4.69) is 25.6 Å². The van der Waals surface area contributed by atoms with Crippen LogP contribution in [0.1, 0.15) is 61.6 Å². The highest BCUT2D eigenvalue weighted by atomic mass is 19.1. The Morgan fingerprint density at radius 3 is 2.43 bits per heavy atom. The summed E-state index contributed by atoms with van der Waals surface area (Å²) in [4.78, 5) is 62.4. The van der Waals surface area contributed by atoms with Gasteiger partial charge in [0.2, 0.25) is 11.9 Å². The monoisotopic (exact) mass is 778 g/mol. The summed E-state index contributed by atoms with van der Waals surface area (Å²) in [6, 6.07) is 24.0. The fraction of sp³-hybridized carbons (Fsp3) is 0.239. The number of halogens is 1. The van der Waals surface area contributed by atoms with Gasteiger partial charge < -0.3 is 10.6 Å². The molecule has 7 rings (SSSR count). The summed E-state index contributed by atoms with van der Waals surface area (Å²) in [5.74, 6) is 0.0659. The number of aromatic nitrogens is 3. The van der Waals surface area contributed by atoms with E-state index in [0.717, 1.165) is 33.6 Å². The van der Waals surface area contributed by atoms with E-state index in [1.807, 2.05) is 89.2 Å². The maximum atomic E-state index is 14.0. The van der Waals surface area contributed by atoms with E-state index in [9.17, 15) is 18.8 Å². The molecule has 0 bridgehead atoms. The largest absolute Gasteiger partial charge is 0.330 e. The first-order valence-electron chi connectivity index (χ1n) is 19.3. The molecule has 58 heavy (non-hydrogen) atoms. The zero-order chi connectivity index (χ0) is 41.3. The standard InChI is InChI=1S/C44H41FN8O3.C2H6/c1-5-36-31(22-39(54)37(21-29-10-9-13-33(45)20-29)50-41(36)30-11-7-6-8-12-30)16-19-40(55)48-34-17-14-27(2)38(23-34)53-26-32-24-47-43(51-42(32)52(4)44(53)56)49-35-18-15-28(3)46-25-35;1-2/h5-18,20,23-25,37H,19,21-22,26H2,1-4H3,(H,48,55)(H,47,49,51);1-2H3/b31-16-,36-5+;/t37-;/m0./s1. The van der Waals surface area contributed by atoms with Crippen LogP contribution in [0.5, 0.6) is 0 Å². The molecule has 2 aliphatic rings. The lowest BCUT2D eigenvalue weighted by Crippen LogP contribution is -2.46. The average Bonchev–Trinajstić information content (AvgIpc) is 3.36. The quantitative estimate of drug-likeness (QED) is 0.152. The first-order valence-corrected chi connectivity index (χ1v) is 19.3. The minimum absolute atomic E-state index is 0.00902. The van der Waals surface area contributed by atoms with Crippen molar-refractivity contribution >= 4 is 52.3 Å². The van der Waals surface area contributed by atoms with Crippen LogP contribution < -0.4 is 20.4 Å². The molecule has 0 fully saturated rings. The van der Waals surface area contributed by atoms with Crippen LogP contribution in [0.4, 0.5) is 38.0 Å². The maximum absolute atomic E-state index is 14.0. The Hall–Kier alpha value is -6.82. The number of amides is 3. The lowest BCUT2D eigenvalue weighted by molar-refractivity contribution is -0.119. The number of carbonyl (C=O) groups excluding carboxylic acids is 3. The van der Waals surface area contributed by atoms with E-state index in [0.29, 0.717) is 40.0 Å². The molecule has 296 valence electrons. The summed E-state index contributed by atoms with van der Waals surface area (Å²) in [6.07, 6.45) is 7.40. The number of benzene rings is 3. The molecule has 0 aliphatic carbocycles. The first kappa shape index (κ1) is 40.8. The molecule has 0 spiro atoms. The Labute approximate surface area is 338 Å². The molecular weight excluding hydrogens is 732 g/mol. The summed E-state index contributed by atoms with van der Waals surface area (Å²) in [6.45, 7) is 9.93. The summed E-state index contributed by atoms with van der Waals surface area (Å²) < 4.78 is 14.0. The number of hydrogen-bond acceptors (Lipinski definition) is 8. The zero-order valence-corrected chi connectivity index (χ0v) is 33.6. The van der Waals surface area contributed by atoms with Gasteiger partial charge in [0.15, 0.2) is 5.78 Å². The van der Waals surface area contributed by atoms with E-state index in [1.165, 1.54) is 17.0 Å². The number of urea groups is 1. The van der Waals surface area contributed by atoms with Crippen LogP contribution in [0, 0.1) is 19.7 Å². The number of nitrogens with zero attached hydrogens (tertiary/aromatic N) is 6. The van der Waals surface area contributed by atoms with Gasteiger partial charge in [0.05, 0.1) is 29.8 Å². The highest BCUT2D eigenvalue weighted by Gasteiger charge is 2.32. The predicted octanol–water partition coefficient (Wildman–Crippen LogP) is 9.25. The number of anilines is 5.